The summed E-state index contributed by atoms with van der Waals surface area (Å²) in [6.45, 7) is 0.137. The smallest absolute Gasteiger partial charge is 0.222 e. The van der Waals surface area contributed by atoms with Crippen molar-refractivity contribution in [3.8, 4) is 0 Å². The summed E-state index contributed by atoms with van der Waals surface area (Å²) in [5.74, 6) is -1.30. The molecule has 3 rings (SSSR count). The molecule has 25 heavy (non-hydrogen) atoms. The van der Waals surface area contributed by atoms with Gasteiger partial charge in [0, 0.05) is 48.7 Å². The molecule has 1 aromatic heterocycles. The van der Waals surface area contributed by atoms with Gasteiger partial charge in [0.15, 0.2) is 0 Å². The first-order valence-electron chi connectivity index (χ1n) is 8.27. The maximum Gasteiger partial charge on any atom is 0.222 e. The van der Waals surface area contributed by atoms with Gasteiger partial charge in [0.05, 0.1) is 0 Å². The van der Waals surface area contributed by atoms with E-state index in [1.165, 1.54) is 28.0 Å². The van der Waals surface area contributed by atoms with Crippen LogP contribution in [0.5, 0.6) is 0 Å². The zero-order valence-corrected chi connectivity index (χ0v) is 14.1. The zero-order valence-electron chi connectivity index (χ0n) is 14.1. The first-order valence-corrected chi connectivity index (χ1v) is 8.27. The molecule has 3 aromatic rings. The van der Waals surface area contributed by atoms with Crippen LogP contribution in [0.3, 0.4) is 0 Å². The second-order valence-corrected chi connectivity index (χ2v) is 6.20. The van der Waals surface area contributed by atoms with Crippen molar-refractivity contribution in [3.63, 3.8) is 0 Å². The van der Waals surface area contributed by atoms with Gasteiger partial charge in [-0.15, -0.1) is 0 Å². The maximum atomic E-state index is 13.7. The van der Waals surface area contributed by atoms with E-state index in [0.717, 1.165) is 24.4 Å². The number of nitrogens with zero attached hydrogens (tertiary/aromatic N) is 1. The fourth-order valence-corrected chi connectivity index (χ4v) is 2.95. The summed E-state index contributed by atoms with van der Waals surface area (Å²) in [5, 5.41) is 1.18. The molecule has 130 valence electrons. The van der Waals surface area contributed by atoms with E-state index in [4.69, 9.17) is 0 Å². The third kappa shape index (κ3) is 4.05. The number of halogens is 2. The van der Waals surface area contributed by atoms with E-state index in [-0.39, 0.29) is 12.5 Å². The number of aromatic nitrogens is 1. The third-order valence-electron chi connectivity index (χ3n) is 4.36. The summed E-state index contributed by atoms with van der Waals surface area (Å²) >= 11 is 0. The van der Waals surface area contributed by atoms with Crippen LogP contribution in [-0.2, 0) is 17.8 Å². The van der Waals surface area contributed by atoms with Crippen molar-refractivity contribution in [1.29, 1.82) is 0 Å². The summed E-state index contributed by atoms with van der Waals surface area (Å²) < 4.78 is 26.6. The Balaban J connectivity index is 1.53. The minimum absolute atomic E-state index is 0.0523. The number of para-hydroxylation sites is 1. The Hall–Kier alpha value is -2.69. The number of fused-ring (bicyclic) bond motifs is 1. The number of hydrogen-bond donors (Lipinski definition) is 1. The number of aryl methyl sites for hydroxylation is 1. The predicted molar refractivity (Wildman–Crippen MR) is 94.1 cm³/mol. The van der Waals surface area contributed by atoms with E-state index in [0.29, 0.717) is 12.0 Å². The van der Waals surface area contributed by atoms with Crippen LogP contribution in [-0.4, -0.2) is 22.8 Å². The Bertz CT molecular complexity index is 888. The van der Waals surface area contributed by atoms with Gasteiger partial charge in [-0.3, -0.25) is 4.79 Å². The van der Waals surface area contributed by atoms with Crippen LogP contribution in [0.25, 0.3) is 10.9 Å². The minimum atomic E-state index is -0.626. The molecule has 1 heterocycles. The molecule has 0 bridgehead atoms. The molecule has 1 amide bonds. The lowest BCUT2D eigenvalue weighted by atomic mass is 10.1. The number of benzene rings is 2. The van der Waals surface area contributed by atoms with Gasteiger partial charge in [-0.25, -0.2) is 8.78 Å². The molecule has 0 radical (unpaired) electrons. The van der Waals surface area contributed by atoms with Crippen LogP contribution < -0.4 is 0 Å². The van der Waals surface area contributed by atoms with Crippen molar-refractivity contribution in [1.82, 2.24) is 9.88 Å². The molecule has 2 aromatic carbocycles. The third-order valence-corrected chi connectivity index (χ3v) is 4.36. The second kappa shape index (κ2) is 7.47. The number of nitrogens with one attached hydrogen (secondary N) is 1. The lowest BCUT2D eigenvalue weighted by Crippen LogP contribution is -2.26. The van der Waals surface area contributed by atoms with Crippen molar-refractivity contribution in [3.05, 3.63) is 71.4 Å². The number of aromatic amines is 1. The Morgan fingerprint density at radius 2 is 1.92 bits per heavy atom. The molecule has 0 aliphatic carbocycles. The Kier molecular flexibility index (Phi) is 5.12. The average molecular weight is 342 g/mol. The van der Waals surface area contributed by atoms with E-state index in [9.17, 15) is 13.6 Å². The summed E-state index contributed by atoms with van der Waals surface area (Å²) in [7, 11) is 1.64. The van der Waals surface area contributed by atoms with Crippen LogP contribution in [0, 0.1) is 11.6 Å². The summed E-state index contributed by atoms with van der Waals surface area (Å²) in [6, 6.07) is 11.5. The molecule has 0 fully saturated rings. The van der Waals surface area contributed by atoms with Crippen LogP contribution in [0.4, 0.5) is 8.78 Å². The monoisotopic (exact) mass is 342 g/mol. The topological polar surface area (TPSA) is 36.1 Å². The molecule has 0 aliphatic rings. The molecule has 5 heteroatoms. The number of hydrogen-bond acceptors (Lipinski definition) is 1. The molecule has 0 atom stereocenters. The SMILES string of the molecule is CN(Cc1ccc(F)cc1F)C(=O)CCCc1c[nH]c2ccccc12. The van der Waals surface area contributed by atoms with E-state index in [2.05, 4.69) is 11.1 Å². The number of carbonyl (C=O) groups excluding carboxylic acids is 1. The number of carbonyl (C=O) groups is 1. The first kappa shape index (κ1) is 17.1. The highest BCUT2D eigenvalue weighted by Crippen LogP contribution is 2.20. The Morgan fingerprint density at radius 3 is 2.72 bits per heavy atom. The summed E-state index contributed by atoms with van der Waals surface area (Å²) in [5.41, 5.74) is 2.59. The van der Waals surface area contributed by atoms with Crippen LogP contribution in [0.2, 0.25) is 0 Å². The summed E-state index contributed by atoms with van der Waals surface area (Å²) in [4.78, 5) is 16.9. The van der Waals surface area contributed by atoms with Gasteiger partial charge in [0.2, 0.25) is 5.91 Å². The molecule has 0 unspecified atom stereocenters. The fraction of sp³-hybridized carbons (Fsp3) is 0.250. The molecular formula is C20H20F2N2O. The molecule has 0 aliphatic heterocycles. The highest BCUT2D eigenvalue weighted by Gasteiger charge is 2.13. The standard InChI is InChI=1S/C20H20F2N2O/c1-24(13-15-9-10-16(21)11-18(15)22)20(25)8-4-5-14-12-23-19-7-3-2-6-17(14)19/h2-3,6-7,9-12,23H,4-5,8,13H2,1H3. The van der Waals surface area contributed by atoms with Gasteiger partial charge >= 0.3 is 0 Å². The van der Waals surface area contributed by atoms with E-state index in [1.807, 2.05) is 24.4 Å². The summed E-state index contributed by atoms with van der Waals surface area (Å²) in [6.07, 6.45) is 3.89. The van der Waals surface area contributed by atoms with Crippen molar-refractivity contribution in [2.45, 2.75) is 25.8 Å². The quantitative estimate of drug-likeness (QED) is 0.707. The fourth-order valence-electron chi connectivity index (χ4n) is 2.95. The molecule has 0 saturated carbocycles. The van der Waals surface area contributed by atoms with Gasteiger partial charge < -0.3 is 9.88 Å². The Morgan fingerprint density at radius 1 is 1.12 bits per heavy atom. The van der Waals surface area contributed by atoms with Gasteiger partial charge in [-0.05, 0) is 30.5 Å². The molecule has 0 spiro atoms. The van der Waals surface area contributed by atoms with E-state index >= 15 is 0 Å². The first-order chi connectivity index (χ1) is 12.0. The Labute approximate surface area is 145 Å². The van der Waals surface area contributed by atoms with Crippen molar-refractivity contribution in [2.24, 2.45) is 0 Å². The second-order valence-electron chi connectivity index (χ2n) is 6.20. The normalized spacial score (nSPS) is 11.0. The van der Waals surface area contributed by atoms with Gasteiger partial charge in [-0.1, -0.05) is 24.3 Å². The van der Waals surface area contributed by atoms with Crippen LogP contribution in [0.15, 0.2) is 48.7 Å². The predicted octanol–water partition coefficient (Wildman–Crippen LogP) is 4.43. The van der Waals surface area contributed by atoms with Crippen molar-refractivity contribution >= 4 is 16.8 Å². The van der Waals surface area contributed by atoms with Gasteiger partial charge in [-0.2, -0.15) is 0 Å². The lowest BCUT2D eigenvalue weighted by Gasteiger charge is -2.17. The van der Waals surface area contributed by atoms with Crippen molar-refractivity contribution < 1.29 is 13.6 Å². The lowest BCUT2D eigenvalue weighted by molar-refractivity contribution is -0.130. The van der Waals surface area contributed by atoms with E-state index in [1.54, 1.807) is 7.05 Å². The van der Waals surface area contributed by atoms with Crippen LogP contribution >= 0.6 is 0 Å². The van der Waals surface area contributed by atoms with Crippen LogP contribution in [0.1, 0.15) is 24.0 Å². The molecular weight excluding hydrogens is 322 g/mol. The van der Waals surface area contributed by atoms with Gasteiger partial charge in [0.25, 0.3) is 0 Å². The van der Waals surface area contributed by atoms with Crippen molar-refractivity contribution in [2.75, 3.05) is 7.05 Å². The molecule has 1 N–H and O–H groups in total. The van der Waals surface area contributed by atoms with Gasteiger partial charge in [0.1, 0.15) is 11.6 Å². The molecule has 3 nitrogen and oxygen atoms in total. The highest BCUT2D eigenvalue weighted by atomic mass is 19.1. The number of H-pyrrole nitrogens is 1. The zero-order chi connectivity index (χ0) is 17.8. The highest BCUT2D eigenvalue weighted by molar-refractivity contribution is 5.83. The molecule has 0 saturated heterocycles. The number of rotatable bonds is 6. The largest absolute Gasteiger partial charge is 0.361 e. The van der Waals surface area contributed by atoms with E-state index < -0.39 is 11.6 Å². The minimum Gasteiger partial charge on any atom is -0.361 e. The average Bonchev–Trinajstić information content (AvgIpc) is 3.00. The number of amides is 1. The maximum absolute atomic E-state index is 13.7.